The molecule has 0 bridgehead atoms. The summed E-state index contributed by atoms with van der Waals surface area (Å²) in [5.74, 6) is -0.263. The van der Waals surface area contributed by atoms with Gasteiger partial charge in [0.2, 0.25) is 5.91 Å². The van der Waals surface area contributed by atoms with Crippen molar-refractivity contribution in [3.63, 3.8) is 0 Å². The van der Waals surface area contributed by atoms with Crippen LogP contribution in [-0.2, 0) is 10.2 Å². The topological polar surface area (TPSA) is 35.6 Å². The van der Waals surface area contributed by atoms with Crippen molar-refractivity contribution in [3.05, 3.63) is 58.9 Å². The number of hydrogen-bond donors (Lipinski definition) is 1. The number of carbonyl (C=O) groups excluding carboxylic acids is 1. The molecule has 2 aliphatic rings. The van der Waals surface area contributed by atoms with Gasteiger partial charge in [0.15, 0.2) is 0 Å². The lowest BCUT2D eigenvalue weighted by Gasteiger charge is -2.36. The first-order valence-corrected chi connectivity index (χ1v) is 11.2. The molecule has 1 N–H and O–H groups in total. The Balaban J connectivity index is 0.00000272. The minimum atomic E-state index is -0.595. The molecule has 0 radical (unpaired) electrons. The van der Waals surface area contributed by atoms with Crippen molar-refractivity contribution in [3.8, 4) is 0 Å². The van der Waals surface area contributed by atoms with E-state index >= 15 is 0 Å². The summed E-state index contributed by atoms with van der Waals surface area (Å²) >= 11 is 6.12. The van der Waals surface area contributed by atoms with Crippen LogP contribution in [-0.4, -0.2) is 43.5 Å². The Bertz CT molecular complexity index is 917. The molecule has 31 heavy (non-hydrogen) atoms. The van der Waals surface area contributed by atoms with Crippen molar-refractivity contribution in [2.24, 2.45) is 0 Å². The number of halogens is 3. The van der Waals surface area contributed by atoms with Gasteiger partial charge < -0.3 is 10.2 Å². The summed E-state index contributed by atoms with van der Waals surface area (Å²) in [5.41, 5.74) is 2.18. The molecule has 4 nitrogen and oxygen atoms in total. The first kappa shape index (κ1) is 23.8. The molecule has 7 heteroatoms. The van der Waals surface area contributed by atoms with Gasteiger partial charge in [-0.2, -0.15) is 0 Å². The number of benzene rings is 2. The Hall–Kier alpha value is -1.82. The van der Waals surface area contributed by atoms with Crippen LogP contribution in [0, 0.1) is 5.82 Å². The standard InChI is InChI=1S/C24H29ClFN3O.ClH/c1-2-24(21-17-19(26)8-9-22(21)27-23(24)30)10-3-4-11-28-12-14-29(15-13-28)20-7-5-6-18(25)16-20;/h5-9,16-17H,2-4,10-15H2,1H3,(H,27,30);1H. The molecule has 2 aromatic rings. The smallest absolute Gasteiger partial charge is 0.235 e. The predicted octanol–water partition coefficient (Wildman–Crippen LogP) is 5.49. The van der Waals surface area contributed by atoms with Crippen molar-refractivity contribution >= 4 is 41.3 Å². The van der Waals surface area contributed by atoms with Crippen molar-refractivity contribution in [1.29, 1.82) is 0 Å². The summed E-state index contributed by atoms with van der Waals surface area (Å²) in [6.45, 7) is 7.10. The van der Waals surface area contributed by atoms with Gasteiger partial charge in [0.1, 0.15) is 5.82 Å². The molecule has 168 valence electrons. The van der Waals surface area contributed by atoms with Gasteiger partial charge in [-0.25, -0.2) is 4.39 Å². The number of nitrogens with zero attached hydrogens (tertiary/aromatic N) is 2. The summed E-state index contributed by atoms with van der Waals surface area (Å²) in [6, 6.07) is 12.7. The molecule has 0 spiro atoms. The Labute approximate surface area is 195 Å². The van der Waals surface area contributed by atoms with E-state index in [2.05, 4.69) is 21.2 Å². The maximum absolute atomic E-state index is 13.8. The number of hydrogen-bond acceptors (Lipinski definition) is 3. The van der Waals surface area contributed by atoms with Crippen LogP contribution in [0.5, 0.6) is 0 Å². The second-order valence-electron chi connectivity index (χ2n) is 8.35. The van der Waals surface area contributed by atoms with E-state index in [1.165, 1.54) is 17.8 Å². The van der Waals surface area contributed by atoms with E-state index in [-0.39, 0.29) is 24.1 Å². The van der Waals surface area contributed by atoms with Gasteiger partial charge in [0, 0.05) is 42.6 Å². The van der Waals surface area contributed by atoms with E-state index in [0.717, 1.165) is 68.3 Å². The fourth-order valence-corrected chi connectivity index (χ4v) is 5.01. The number of amides is 1. The van der Waals surface area contributed by atoms with E-state index in [0.29, 0.717) is 6.42 Å². The largest absolute Gasteiger partial charge is 0.369 e. The predicted molar refractivity (Wildman–Crippen MR) is 128 cm³/mol. The third-order valence-electron chi connectivity index (χ3n) is 6.66. The number of unbranched alkanes of at least 4 members (excludes halogenated alkanes) is 1. The monoisotopic (exact) mass is 465 g/mol. The van der Waals surface area contributed by atoms with Crippen molar-refractivity contribution in [2.45, 2.75) is 38.0 Å². The molecule has 1 unspecified atom stereocenters. The summed E-state index contributed by atoms with van der Waals surface area (Å²) in [5, 5.41) is 3.73. The summed E-state index contributed by atoms with van der Waals surface area (Å²) in [7, 11) is 0. The zero-order valence-electron chi connectivity index (χ0n) is 17.9. The van der Waals surface area contributed by atoms with Crippen molar-refractivity contribution < 1.29 is 9.18 Å². The minimum absolute atomic E-state index is 0. The summed E-state index contributed by atoms with van der Waals surface area (Å²) in [6.07, 6.45) is 3.43. The van der Waals surface area contributed by atoms with E-state index in [4.69, 9.17) is 11.6 Å². The second kappa shape index (κ2) is 10.2. The molecule has 1 amide bonds. The van der Waals surface area contributed by atoms with E-state index in [1.54, 1.807) is 6.07 Å². The van der Waals surface area contributed by atoms with Gasteiger partial charge in [-0.3, -0.25) is 9.69 Å². The first-order chi connectivity index (χ1) is 14.5. The SMILES string of the molecule is CCC1(CCCCN2CCN(c3cccc(Cl)c3)CC2)C(=O)Nc2ccc(F)cc21.Cl. The minimum Gasteiger partial charge on any atom is -0.369 e. The van der Waals surface area contributed by atoms with E-state index in [9.17, 15) is 9.18 Å². The van der Waals surface area contributed by atoms with Crippen LogP contribution in [0.15, 0.2) is 42.5 Å². The molecule has 0 aromatic heterocycles. The fraction of sp³-hybridized carbons (Fsp3) is 0.458. The lowest BCUT2D eigenvalue weighted by molar-refractivity contribution is -0.121. The van der Waals surface area contributed by atoms with Crippen molar-refractivity contribution in [1.82, 2.24) is 4.90 Å². The van der Waals surface area contributed by atoms with Gasteiger partial charge in [-0.15, -0.1) is 12.4 Å². The molecule has 2 heterocycles. The molecule has 4 rings (SSSR count). The van der Waals surface area contributed by atoms with Gasteiger partial charge in [0.05, 0.1) is 5.41 Å². The number of rotatable bonds is 7. The first-order valence-electron chi connectivity index (χ1n) is 10.9. The molecular formula is C24H30Cl2FN3O. The zero-order chi connectivity index (χ0) is 21.1. The number of piperazine rings is 1. The zero-order valence-corrected chi connectivity index (χ0v) is 19.4. The quantitative estimate of drug-likeness (QED) is 0.548. The van der Waals surface area contributed by atoms with Gasteiger partial charge in [-0.05, 0) is 67.8 Å². The molecule has 0 saturated carbocycles. The summed E-state index contributed by atoms with van der Waals surface area (Å²) in [4.78, 5) is 17.6. The molecule has 0 aliphatic carbocycles. The number of carbonyl (C=O) groups is 1. The summed E-state index contributed by atoms with van der Waals surface area (Å²) < 4.78 is 13.8. The van der Waals surface area contributed by atoms with Crippen LogP contribution in [0.3, 0.4) is 0 Å². The Morgan fingerprint density at radius 2 is 1.87 bits per heavy atom. The number of nitrogens with one attached hydrogen (secondary N) is 1. The molecule has 2 aromatic carbocycles. The number of fused-ring (bicyclic) bond motifs is 1. The van der Waals surface area contributed by atoms with E-state index < -0.39 is 5.41 Å². The third-order valence-corrected chi connectivity index (χ3v) is 6.89. The normalized spacial score (nSPS) is 20.9. The maximum Gasteiger partial charge on any atom is 0.235 e. The lowest BCUT2D eigenvalue weighted by Crippen LogP contribution is -2.46. The highest BCUT2D eigenvalue weighted by molar-refractivity contribution is 6.30. The van der Waals surface area contributed by atoms with Gasteiger partial charge >= 0.3 is 0 Å². The van der Waals surface area contributed by atoms with Crippen LogP contribution in [0.25, 0.3) is 0 Å². The van der Waals surface area contributed by atoms with Crippen molar-refractivity contribution in [2.75, 3.05) is 42.9 Å². The van der Waals surface area contributed by atoms with Crippen LogP contribution < -0.4 is 10.2 Å². The molecule has 1 fully saturated rings. The fourth-order valence-electron chi connectivity index (χ4n) is 4.83. The highest BCUT2D eigenvalue weighted by atomic mass is 35.5. The van der Waals surface area contributed by atoms with Crippen LogP contribution in [0.1, 0.15) is 38.2 Å². The molecule has 2 aliphatic heterocycles. The van der Waals surface area contributed by atoms with Crippen LogP contribution in [0.4, 0.5) is 15.8 Å². The molecule has 1 saturated heterocycles. The maximum atomic E-state index is 13.8. The molecular weight excluding hydrogens is 436 g/mol. The Morgan fingerprint density at radius 3 is 2.58 bits per heavy atom. The second-order valence-corrected chi connectivity index (χ2v) is 8.78. The average molecular weight is 466 g/mol. The Morgan fingerprint density at radius 1 is 1.10 bits per heavy atom. The molecule has 1 atom stereocenters. The van der Waals surface area contributed by atoms with Crippen LogP contribution >= 0.6 is 24.0 Å². The van der Waals surface area contributed by atoms with Gasteiger partial charge in [0.25, 0.3) is 0 Å². The van der Waals surface area contributed by atoms with E-state index in [1.807, 2.05) is 25.1 Å². The number of anilines is 2. The highest BCUT2D eigenvalue weighted by Gasteiger charge is 2.44. The highest BCUT2D eigenvalue weighted by Crippen LogP contribution is 2.44. The lowest BCUT2D eigenvalue weighted by atomic mass is 9.75. The Kier molecular flexibility index (Phi) is 7.84. The third kappa shape index (κ3) is 5.00. The van der Waals surface area contributed by atoms with Crippen LogP contribution in [0.2, 0.25) is 5.02 Å². The van der Waals surface area contributed by atoms with Gasteiger partial charge in [-0.1, -0.05) is 31.0 Å². The average Bonchev–Trinajstić information content (AvgIpc) is 3.02.